The first-order chi connectivity index (χ1) is 18.8. The molecular formula is C28H30N4O6S. The molecule has 11 heteroatoms. The highest BCUT2D eigenvalue weighted by Crippen LogP contribution is 2.26. The Hall–Kier alpha value is -4.22. The van der Waals surface area contributed by atoms with Gasteiger partial charge in [0.25, 0.3) is 21.8 Å². The van der Waals surface area contributed by atoms with Crippen LogP contribution in [0.1, 0.15) is 11.1 Å². The summed E-state index contributed by atoms with van der Waals surface area (Å²) < 4.78 is 38.7. The lowest BCUT2D eigenvalue weighted by molar-refractivity contribution is -0.137. The van der Waals surface area contributed by atoms with Crippen molar-refractivity contribution in [2.45, 2.75) is 11.8 Å². The molecule has 0 spiro atoms. The highest BCUT2D eigenvalue weighted by molar-refractivity contribution is 7.92. The summed E-state index contributed by atoms with van der Waals surface area (Å²) in [6.45, 7) is 3.45. The van der Waals surface area contributed by atoms with Gasteiger partial charge in [0.15, 0.2) is 6.61 Å². The topological polar surface area (TPSA) is 118 Å². The minimum Gasteiger partial charge on any atom is -0.484 e. The van der Waals surface area contributed by atoms with E-state index in [2.05, 4.69) is 10.5 Å². The van der Waals surface area contributed by atoms with Crippen molar-refractivity contribution in [3.63, 3.8) is 0 Å². The maximum Gasteiger partial charge on any atom is 0.264 e. The van der Waals surface area contributed by atoms with Crippen LogP contribution in [0.15, 0.2) is 88.9 Å². The Balaban J connectivity index is 1.36. The van der Waals surface area contributed by atoms with Crippen LogP contribution < -0.4 is 14.5 Å². The third-order valence-electron chi connectivity index (χ3n) is 6.01. The molecule has 0 bridgehead atoms. The third kappa shape index (κ3) is 7.43. The van der Waals surface area contributed by atoms with Crippen LogP contribution in [0.5, 0.6) is 5.75 Å². The van der Waals surface area contributed by atoms with E-state index < -0.39 is 22.5 Å². The van der Waals surface area contributed by atoms with Crippen molar-refractivity contribution in [2.24, 2.45) is 5.10 Å². The van der Waals surface area contributed by atoms with E-state index in [9.17, 15) is 18.0 Å². The largest absolute Gasteiger partial charge is 0.484 e. The smallest absolute Gasteiger partial charge is 0.264 e. The number of nitrogens with one attached hydrogen (secondary N) is 1. The molecule has 2 amide bonds. The molecule has 3 aromatic carbocycles. The van der Waals surface area contributed by atoms with Gasteiger partial charge in [-0.25, -0.2) is 13.8 Å². The van der Waals surface area contributed by atoms with Gasteiger partial charge in [0.1, 0.15) is 12.3 Å². The number of anilines is 1. The lowest BCUT2D eigenvalue weighted by Crippen LogP contribution is -2.42. The van der Waals surface area contributed by atoms with E-state index in [0.29, 0.717) is 48.9 Å². The van der Waals surface area contributed by atoms with Crippen molar-refractivity contribution in [3.05, 3.63) is 90.0 Å². The average molecular weight is 551 g/mol. The molecular weight excluding hydrogens is 520 g/mol. The number of morpholine rings is 1. The van der Waals surface area contributed by atoms with Gasteiger partial charge in [0, 0.05) is 13.1 Å². The predicted octanol–water partition coefficient (Wildman–Crippen LogP) is 2.58. The standard InChI is InChI=1S/C28H30N4O6S/c1-22-7-5-6-10-26(22)32(39(35,36)25-8-3-2-4-9-25)20-27(33)30-29-19-23-11-13-24(14-12-23)38-21-28(34)31-15-17-37-18-16-31/h2-14,19H,15-18,20-21H2,1H3,(H,30,33)/b29-19-. The molecule has 0 saturated carbocycles. The molecule has 1 heterocycles. The Kier molecular flexibility index (Phi) is 9.29. The van der Waals surface area contributed by atoms with E-state index in [-0.39, 0.29) is 17.4 Å². The Morgan fingerprint density at radius 1 is 1.00 bits per heavy atom. The average Bonchev–Trinajstić information content (AvgIpc) is 2.96. The van der Waals surface area contributed by atoms with Crippen molar-refractivity contribution in [1.29, 1.82) is 0 Å². The second-order valence-corrected chi connectivity index (χ2v) is 10.6. The maximum absolute atomic E-state index is 13.4. The molecule has 1 saturated heterocycles. The zero-order valence-electron chi connectivity index (χ0n) is 21.5. The van der Waals surface area contributed by atoms with Gasteiger partial charge >= 0.3 is 0 Å². The monoisotopic (exact) mass is 550 g/mol. The normalized spacial score (nSPS) is 13.7. The van der Waals surface area contributed by atoms with Gasteiger partial charge < -0.3 is 14.4 Å². The van der Waals surface area contributed by atoms with Crippen molar-refractivity contribution >= 4 is 33.7 Å². The molecule has 1 fully saturated rings. The van der Waals surface area contributed by atoms with Gasteiger partial charge in [0.2, 0.25) is 0 Å². The summed E-state index contributed by atoms with van der Waals surface area (Å²) in [5, 5.41) is 3.97. The number of rotatable bonds is 10. The van der Waals surface area contributed by atoms with E-state index in [1.165, 1.54) is 18.3 Å². The van der Waals surface area contributed by atoms with Crippen molar-refractivity contribution in [1.82, 2.24) is 10.3 Å². The Morgan fingerprint density at radius 3 is 2.36 bits per heavy atom. The number of nitrogens with zero attached hydrogens (tertiary/aromatic N) is 3. The summed E-state index contributed by atoms with van der Waals surface area (Å²) in [6, 6.07) is 21.8. The molecule has 204 valence electrons. The van der Waals surface area contributed by atoms with Crippen LogP contribution in [0.2, 0.25) is 0 Å². The number of para-hydroxylation sites is 1. The number of ether oxygens (including phenoxy) is 2. The second kappa shape index (κ2) is 13.0. The number of sulfonamides is 1. The SMILES string of the molecule is Cc1ccccc1N(CC(=O)N/N=C\c1ccc(OCC(=O)N2CCOCC2)cc1)S(=O)(=O)c1ccccc1. The molecule has 1 aliphatic heterocycles. The number of carbonyl (C=O) groups is 2. The first-order valence-electron chi connectivity index (χ1n) is 12.4. The Labute approximate surface area is 227 Å². The summed E-state index contributed by atoms with van der Waals surface area (Å²) >= 11 is 0. The van der Waals surface area contributed by atoms with Crippen LogP contribution in [0.4, 0.5) is 5.69 Å². The Bertz CT molecular complexity index is 1410. The van der Waals surface area contributed by atoms with E-state index in [0.717, 1.165) is 4.31 Å². The number of carbonyl (C=O) groups excluding carboxylic acids is 2. The first kappa shape index (κ1) is 27.8. The molecule has 0 aromatic heterocycles. The van der Waals surface area contributed by atoms with Gasteiger partial charge in [-0.15, -0.1) is 0 Å². The predicted molar refractivity (Wildman–Crippen MR) is 147 cm³/mol. The summed E-state index contributed by atoms with van der Waals surface area (Å²) in [4.78, 5) is 26.7. The van der Waals surface area contributed by atoms with Crippen LogP contribution in [-0.4, -0.2) is 70.8 Å². The number of hydrogen-bond acceptors (Lipinski definition) is 7. The third-order valence-corrected chi connectivity index (χ3v) is 7.79. The van der Waals surface area contributed by atoms with Crippen LogP contribution in [0.3, 0.4) is 0 Å². The molecule has 1 aliphatic rings. The molecule has 0 radical (unpaired) electrons. The van der Waals surface area contributed by atoms with Gasteiger partial charge in [-0.3, -0.25) is 13.9 Å². The number of hydrazone groups is 1. The number of aryl methyl sites for hydroxylation is 1. The van der Waals surface area contributed by atoms with Gasteiger partial charge in [-0.05, 0) is 60.5 Å². The van der Waals surface area contributed by atoms with E-state index >= 15 is 0 Å². The van der Waals surface area contributed by atoms with Crippen LogP contribution in [0.25, 0.3) is 0 Å². The van der Waals surface area contributed by atoms with E-state index in [1.54, 1.807) is 78.6 Å². The lowest BCUT2D eigenvalue weighted by atomic mass is 10.2. The zero-order chi connectivity index (χ0) is 27.7. The fourth-order valence-corrected chi connectivity index (χ4v) is 5.41. The molecule has 10 nitrogen and oxygen atoms in total. The molecule has 0 atom stereocenters. The fourth-order valence-electron chi connectivity index (χ4n) is 3.91. The van der Waals surface area contributed by atoms with Crippen LogP contribution in [-0.2, 0) is 24.3 Å². The molecule has 1 N–H and O–H groups in total. The molecule has 3 aromatic rings. The quantitative estimate of drug-likeness (QED) is 0.306. The number of hydrogen-bond donors (Lipinski definition) is 1. The summed E-state index contributed by atoms with van der Waals surface area (Å²) in [5.74, 6) is -0.172. The number of amides is 2. The van der Waals surface area contributed by atoms with E-state index in [1.807, 2.05) is 0 Å². The van der Waals surface area contributed by atoms with Crippen molar-refractivity contribution < 1.29 is 27.5 Å². The summed E-state index contributed by atoms with van der Waals surface area (Å²) in [7, 11) is -4.00. The Morgan fingerprint density at radius 2 is 1.67 bits per heavy atom. The van der Waals surface area contributed by atoms with Crippen molar-refractivity contribution in [2.75, 3.05) is 43.8 Å². The first-order valence-corrected chi connectivity index (χ1v) is 13.8. The van der Waals surface area contributed by atoms with Gasteiger partial charge in [-0.1, -0.05) is 36.4 Å². The maximum atomic E-state index is 13.4. The summed E-state index contributed by atoms with van der Waals surface area (Å²) in [6.07, 6.45) is 1.43. The second-order valence-electron chi connectivity index (χ2n) is 8.76. The minimum atomic E-state index is -4.00. The highest BCUT2D eigenvalue weighted by atomic mass is 32.2. The number of benzene rings is 3. The molecule has 0 unspecified atom stereocenters. The molecule has 0 aliphatic carbocycles. The van der Waals surface area contributed by atoms with E-state index in [4.69, 9.17) is 9.47 Å². The zero-order valence-corrected chi connectivity index (χ0v) is 22.3. The highest BCUT2D eigenvalue weighted by Gasteiger charge is 2.28. The molecule has 39 heavy (non-hydrogen) atoms. The fraction of sp³-hybridized carbons (Fsp3) is 0.250. The van der Waals surface area contributed by atoms with Gasteiger partial charge in [0.05, 0.1) is 30.0 Å². The summed E-state index contributed by atoms with van der Waals surface area (Å²) in [5.41, 5.74) is 4.19. The van der Waals surface area contributed by atoms with Crippen LogP contribution >= 0.6 is 0 Å². The van der Waals surface area contributed by atoms with Gasteiger partial charge in [-0.2, -0.15) is 5.10 Å². The van der Waals surface area contributed by atoms with Crippen molar-refractivity contribution in [3.8, 4) is 5.75 Å². The molecule has 4 rings (SSSR count). The van der Waals surface area contributed by atoms with Crippen LogP contribution in [0, 0.1) is 6.92 Å². The lowest BCUT2D eigenvalue weighted by Gasteiger charge is -2.26. The minimum absolute atomic E-state index is 0.0627.